The van der Waals surface area contributed by atoms with Gasteiger partial charge in [0.05, 0.1) is 37.8 Å². The number of carbonyl (C=O) groups is 6. The van der Waals surface area contributed by atoms with Gasteiger partial charge in [0, 0.05) is 53.3 Å². The first kappa shape index (κ1) is 52.8. The lowest BCUT2D eigenvalue weighted by Gasteiger charge is -2.31. The van der Waals surface area contributed by atoms with E-state index < -0.39 is 54.1 Å². The number of allylic oxidation sites excluding steroid dienone is 2. The number of ether oxygens (including phenoxy) is 5. The number of aliphatic hydroxyl groups excluding tert-OH is 1. The average molecular weight is 873 g/mol. The summed E-state index contributed by atoms with van der Waals surface area (Å²) in [7, 11) is 7.36. The van der Waals surface area contributed by atoms with E-state index in [4.69, 9.17) is 33.5 Å². The van der Waals surface area contributed by atoms with Gasteiger partial charge in [-0.2, -0.15) is 0 Å². The Morgan fingerprint density at radius 2 is 1.55 bits per heavy atom. The van der Waals surface area contributed by atoms with Gasteiger partial charge in [0.2, 0.25) is 12.3 Å². The fourth-order valence-electron chi connectivity index (χ4n) is 6.62. The molecule has 9 atom stereocenters. The maximum atomic E-state index is 13.3. The summed E-state index contributed by atoms with van der Waals surface area (Å²) in [6.45, 7) is 7.34. The highest BCUT2D eigenvalue weighted by molar-refractivity contribution is 5.92. The van der Waals surface area contributed by atoms with Gasteiger partial charge in [-0.1, -0.05) is 45.9 Å². The summed E-state index contributed by atoms with van der Waals surface area (Å²) in [5.41, 5.74) is 5.47. The summed E-state index contributed by atoms with van der Waals surface area (Å²) < 4.78 is 38.0. The predicted octanol–water partition coefficient (Wildman–Crippen LogP) is 5.21. The summed E-state index contributed by atoms with van der Waals surface area (Å²) in [5, 5.41) is 10.8. The van der Waals surface area contributed by atoms with E-state index in [1.54, 1.807) is 46.5 Å². The number of nitrogens with two attached hydrogens (primary N) is 1. The molecule has 2 aromatic rings. The molecule has 0 aliphatic rings. The Balaban J connectivity index is 2.11. The lowest BCUT2D eigenvalue weighted by Crippen LogP contribution is -2.34. The number of oxazole rings is 2. The van der Waals surface area contributed by atoms with Crippen LogP contribution in [0.4, 0.5) is 0 Å². The molecule has 0 radical (unpaired) electrons. The standard InChI is InChI=1S/C44H64N4O14/c1-27(14-10-11-18-39-46-33(25-60-39)44(55)59-9)38(23-37(57-7)28(2)19-20-35(52)29(3)36(56-6)17-13-21-48(5)26-49)62-40(53)22-31(50)15-12-16-34(51)30(4)41(58-8)32-24-61-43(47-32)42(45)54/h11-13,16,18,21,24-31,36-38,41,50H,10,14-15,17,19-20,22-23H2,1-9H3,(H2,45,54)/b16-12+,18-11+,21-13+/t27-,28+,29+,30+,31-,36-,37+,38+,41+/m1/s1. The van der Waals surface area contributed by atoms with Crippen LogP contribution in [0, 0.1) is 23.7 Å². The number of primary amides is 1. The van der Waals surface area contributed by atoms with Gasteiger partial charge in [0.1, 0.15) is 36.2 Å². The maximum Gasteiger partial charge on any atom is 0.360 e. The summed E-state index contributed by atoms with van der Waals surface area (Å²) in [6.07, 6.45) is 11.6. The Labute approximate surface area is 363 Å². The van der Waals surface area contributed by atoms with Crippen molar-refractivity contribution in [1.82, 2.24) is 14.9 Å². The number of rotatable bonds is 31. The van der Waals surface area contributed by atoms with Crippen molar-refractivity contribution in [2.45, 2.75) is 110 Å². The van der Waals surface area contributed by atoms with Crippen molar-refractivity contribution in [2.24, 2.45) is 29.4 Å². The van der Waals surface area contributed by atoms with Gasteiger partial charge >= 0.3 is 17.8 Å². The number of methoxy groups -OCH3 is 4. The van der Waals surface area contributed by atoms with E-state index in [2.05, 4.69) is 14.7 Å². The third kappa shape index (κ3) is 17.6. The van der Waals surface area contributed by atoms with Gasteiger partial charge in [-0.25, -0.2) is 14.8 Å². The van der Waals surface area contributed by atoms with Crippen LogP contribution in [-0.2, 0) is 42.9 Å². The molecule has 0 saturated carbocycles. The first-order valence-corrected chi connectivity index (χ1v) is 20.5. The van der Waals surface area contributed by atoms with E-state index in [0.717, 1.165) is 0 Å². The van der Waals surface area contributed by atoms with E-state index in [9.17, 15) is 33.9 Å². The van der Waals surface area contributed by atoms with Gasteiger partial charge in [0.15, 0.2) is 11.5 Å². The lowest BCUT2D eigenvalue weighted by molar-refractivity contribution is -0.156. The van der Waals surface area contributed by atoms with Gasteiger partial charge in [-0.15, -0.1) is 0 Å². The second-order valence-electron chi connectivity index (χ2n) is 15.3. The van der Waals surface area contributed by atoms with Crippen molar-refractivity contribution in [3.05, 3.63) is 66.2 Å². The quantitative estimate of drug-likeness (QED) is 0.0560. The number of Topliss-reactive ketones (excluding diaryl/α,β-unsaturated/α-hetero) is 1. The minimum Gasteiger partial charge on any atom is -0.464 e. The number of amides is 2. The molecule has 0 fully saturated rings. The Bertz CT molecular complexity index is 1820. The van der Waals surface area contributed by atoms with Crippen molar-refractivity contribution in [1.29, 1.82) is 0 Å². The normalized spacial score (nSPS) is 16.3. The van der Waals surface area contributed by atoms with E-state index in [0.29, 0.717) is 38.5 Å². The maximum absolute atomic E-state index is 13.3. The molecule has 18 heteroatoms. The fraction of sp³-hybridized carbons (Fsp3) is 0.591. The molecule has 2 heterocycles. The van der Waals surface area contributed by atoms with Crippen molar-refractivity contribution >= 4 is 41.9 Å². The van der Waals surface area contributed by atoms with E-state index >= 15 is 0 Å². The van der Waals surface area contributed by atoms with Crippen LogP contribution in [0.3, 0.4) is 0 Å². The van der Waals surface area contributed by atoms with Crippen LogP contribution < -0.4 is 5.73 Å². The van der Waals surface area contributed by atoms with Crippen LogP contribution in [-0.4, -0.2) is 116 Å². The smallest absolute Gasteiger partial charge is 0.360 e. The highest BCUT2D eigenvalue weighted by Gasteiger charge is 2.31. The van der Waals surface area contributed by atoms with Crippen molar-refractivity contribution in [2.75, 3.05) is 35.5 Å². The van der Waals surface area contributed by atoms with Crippen LogP contribution in [0.5, 0.6) is 0 Å². The van der Waals surface area contributed by atoms with E-state index in [-0.39, 0.29) is 71.9 Å². The average Bonchev–Trinajstić information content (AvgIpc) is 3.95. The number of aliphatic hydroxyl groups is 1. The van der Waals surface area contributed by atoms with Crippen LogP contribution in [0.25, 0.3) is 6.08 Å². The largest absolute Gasteiger partial charge is 0.464 e. The molecule has 0 saturated heterocycles. The number of hydrogen-bond donors (Lipinski definition) is 2. The fourth-order valence-corrected chi connectivity index (χ4v) is 6.62. The molecule has 62 heavy (non-hydrogen) atoms. The molecular formula is C44H64N4O14. The van der Waals surface area contributed by atoms with Crippen LogP contribution in [0.15, 0.2) is 51.9 Å². The van der Waals surface area contributed by atoms with Gasteiger partial charge < -0.3 is 48.3 Å². The van der Waals surface area contributed by atoms with Gasteiger partial charge in [-0.3, -0.25) is 24.0 Å². The second kappa shape index (κ2) is 27.6. The zero-order valence-electron chi connectivity index (χ0n) is 37.2. The Morgan fingerprint density at radius 3 is 2.16 bits per heavy atom. The first-order valence-electron chi connectivity index (χ1n) is 20.5. The summed E-state index contributed by atoms with van der Waals surface area (Å²) >= 11 is 0. The number of nitrogens with zero attached hydrogens (tertiary/aromatic N) is 3. The van der Waals surface area contributed by atoms with Crippen LogP contribution in [0.2, 0.25) is 0 Å². The molecule has 0 aliphatic heterocycles. The molecule has 2 aromatic heterocycles. The molecule has 2 amide bonds. The van der Waals surface area contributed by atoms with E-state index in [1.165, 1.54) is 43.8 Å². The zero-order valence-corrected chi connectivity index (χ0v) is 37.2. The molecule has 3 N–H and O–H groups in total. The van der Waals surface area contributed by atoms with Crippen LogP contribution in [0.1, 0.15) is 118 Å². The van der Waals surface area contributed by atoms with Gasteiger partial charge in [0.25, 0.3) is 5.89 Å². The number of esters is 2. The highest BCUT2D eigenvalue weighted by Crippen LogP contribution is 2.28. The monoisotopic (exact) mass is 872 g/mol. The molecule has 0 unspecified atom stereocenters. The number of aromatic nitrogens is 2. The third-order valence-electron chi connectivity index (χ3n) is 10.6. The number of hydrogen-bond acceptors (Lipinski definition) is 16. The third-order valence-corrected chi connectivity index (χ3v) is 10.6. The Morgan fingerprint density at radius 1 is 0.855 bits per heavy atom. The Hall–Kier alpha value is -5.30. The topological polar surface area (TPSA) is 250 Å². The molecule has 0 spiro atoms. The van der Waals surface area contributed by atoms with Crippen LogP contribution >= 0.6 is 0 Å². The van der Waals surface area contributed by atoms with Crippen molar-refractivity contribution < 1.29 is 66.4 Å². The first-order chi connectivity index (χ1) is 29.5. The number of carbonyl (C=O) groups excluding carboxylic acids is 6. The number of ketones is 2. The molecule has 0 bridgehead atoms. The SMILES string of the molecule is COC(=O)c1coc(/C=C/CC[C@@H](C)[C@H](C[C@H](OC)[C@@H](C)CCC(=O)[C@H](C)[C@@H](C/C=C/N(C)C=O)OC)OC(=O)C[C@H](O)C/C=C/C(=O)[C@H](C)[C@H](OC)c2coc(C(N)=O)n2)n1. The summed E-state index contributed by atoms with van der Waals surface area (Å²) in [5.74, 6) is -3.97. The van der Waals surface area contributed by atoms with E-state index in [1.807, 2.05) is 26.8 Å². The molecular weight excluding hydrogens is 808 g/mol. The molecule has 2 rings (SSSR count). The van der Waals surface area contributed by atoms with Crippen molar-refractivity contribution in [3.63, 3.8) is 0 Å². The van der Waals surface area contributed by atoms with Gasteiger partial charge in [-0.05, 0) is 56.1 Å². The minimum absolute atomic E-state index is 0.0231. The highest BCUT2D eigenvalue weighted by atomic mass is 16.5. The lowest BCUT2D eigenvalue weighted by atomic mass is 9.86. The van der Waals surface area contributed by atoms with Crippen molar-refractivity contribution in [3.8, 4) is 0 Å². The summed E-state index contributed by atoms with van der Waals surface area (Å²) in [4.78, 5) is 83.0. The zero-order chi connectivity index (χ0) is 46.4. The summed E-state index contributed by atoms with van der Waals surface area (Å²) in [6, 6.07) is 0. The molecule has 344 valence electrons. The Kier molecular flexibility index (Phi) is 23.5. The molecule has 18 nitrogen and oxygen atoms in total. The second-order valence-corrected chi connectivity index (χ2v) is 15.3. The minimum atomic E-state index is -1.16. The molecule has 0 aromatic carbocycles. The molecule has 0 aliphatic carbocycles. The predicted molar refractivity (Wildman–Crippen MR) is 225 cm³/mol.